The Kier molecular flexibility index (Phi) is 4.53. The van der Waals surface area contributed by atoms with E-state index in [-0.39, 0.29) is 12.1 Å². The zero-order valence-electron chi connectivity index (χ0n) is 12.5. The maximum Gasteiger partial charge on any atom is 0.111 e. The van der Waals surface area contributed by atoms with E-state index in [4.69, 9.17) is 20.2 Å². The summed E-state index contributed by atoms with van der Waals surface area (Å²) in [7, 11) is 0. The van der Waals surface area contributed by atoms with E-state index in [2.05, 4.69) is 29.7 Å². The first kappa shape index (κ1) is 14.5. The van der Waals surface area contributed by atoms with Crippen molar-refractivity contribution >= 4 is 11.0 Å². The summed E-state index contributed by atoms with van der Waals surface area (Å²) < 4.78 is 13.4. The van der Waals surface area contributed by atoms with Crippen molar-refractivity contribution in [1.82, 2.24) is 9.55 Å². The van der Waals surface area contributed by atoms with E-state index in [1.54, 1.807) is 0 Å². The maximum atomic E-state index is 6.31. The lowest BCUT2D eigenvalue weighted by molar-refractivity contribution is -0.0969. The Morgan fingerprint density at radius 3 is 3.00 bits per heavy atom. The van der Waals surface area contributed by atoms with Gasteiger partial charge in [0.1, 0.15) is 5.82 Å². The molecule has 1 aliphatic heterocycles. The number of benzene rings is 1. The summed E-state index contributed by atoms with van der Waals surface area (Å²) >= 11 is 0. The molecule has 0 saturated carbocycles. The Morgan fingerprint density at radius 1 is 1.38 bits per heavy atom. The topological polar surface area (TPSA) is 62.3 Å². The minimum atomic E-state index is -0.0854. The minimum Gasteiger partial charge on any atom is -0.376 e. The second-order valence-corrected chi connectivity index (χ2v) is 5.52. The summed E-state index contributed by atoms with van der Waals surface area (Å²) in [5.41, 5.74) is 8.53. The Balaban J connectivity index is 1.83. The third kappa shape index (κ3) is 3.10. The highest BCUT2D eigenvalue weighted by Gasteiger charge is 2.24. The molecule has 0 aliphatic carbocycles. The van der Waals surface area contributed by atoms with Gasteiger partial charge in [0.2, 0.25) is 0 Å². The maximum absolute atomic E-state index is 6.31. The molecule has 2 unspecified atom stereocenters. The van der Waals surface area contributed by atoms with Crippen molar-refractivity contribution in [2.45, 2.75) is 38.5 Å². The second-order valence-electron chi connectivity index (χ2n) is 5.52. The van der Waals surface area contributed by atoms with E-state index < -0.39 is 0 Å². The van der Waals surface area contributed by atoms with Gasteiger partial charge in [-0.1, -0.05) is 19.1 Å². The first-order valence-electron chi connectivity index (χ1n) is 7.68. The number of aromatic nitrogens is 2. The molecule has 21 heavy (non-hydrogen) atoms. The van der Waals surface area contributed by atoms with E-state index >= 15 is 0 Å². The number of hydrogen-bond donors (Lipinski definition) is 1. The third-order valence-corrected chi connectivity index (χ3v) is 3.92. The predicted octanol–water partition coefficient (Wildman–Crippen LogP) is 1.73. The number of ether oxygens (including phenoxy) is 2. The Hall–Kier alpha value is -1.43. The van der Waals surface area contributed by atoms with E-state index in [1.807, 2.05) is 6.07 Å². The van der Waals surface area contributed by atoms with Crippen LogP contribution in [0.25, 0.3) is 11.0 Å². The van der Waals surface area contributed by atoms with Gasteiger partial charge in [0.25, 0.3) is 0 Å². The minimum absolute atomic E-state index is 0.0337. The molecule has 1 saturated heterocycles. The van der Waals surface area contributed by atoms with Crippen LogP contribution in [0.5, 0.6) is 0 Å². The summed E-state index contributed by atoms with van der Waals surface area (Å²) in [5.74, 6) is 1.04. The highest BCUT2D eigenvalue weighted by molar-refractivity contribution is 5.75. The number of fused-ring (bicyclic) bond motifs is 1. The van der Waals surface area contributed by atoms with Crippen LogP contribution in [-0.4, -0.2) is 41.5 Å². The smallest absolute Gasteiger partial charge is 0.111 e. The van der Waals surface area contributed by atoms with Gasteiger partial charge >= 0.3 is 0 Å². The number of imidazole rings is 1. The molecule has 0 spiro atoms. The number of para-hydroxylation sites is 2. The molecule has 1 aromatic carbocycles. The van der Waals surface area contributed by atoms with Gasteiger partial charge in [-0.25, -0.2) is 4.98 Å². The van der Waals surface area contributed by atoms with Gasteiger partial charge in [0.05, 0.1) is 37.0 Å². The molecule has 114 valence electrons. The van der Waals surface area contributed by atoms with Crippen LogP contribution in [0.1, 0.15) is 19.2 Å². The van der Waals surface area contributed by atoms with Crippen LogP contribution in [0.2, 0.25) is 0 Å². The van der Waals surface area contributed by atoms with Crippen molar-refractivity contribution in [2.75, 3.05) is 19.8 Å². The molecule has 5 heteroatoms. The van der Waals surface area contributed by atoms with E-state index in [1.165, 1.54) is 5.52 Å². The summed E-state index contributed by atoms with van der Waals surface area (Å²) in [6.07, 6.45) is 1.75. The fourth-order valence-corrected chi connectivity index (χ4v) is 2.85. The van der Waals surface area contributed by atoms with Crippen molar-refractivity contribution in [3.63, 3.8) is 0 Å². The van der Waals surface area contributed by atoms with Crippen LogP contribution in [0.15, 0.2) is 24.3 Å². The average Bonchev–Trinajstić information content (AvgIpc) is 2.86. The van der Waals surface area contributed by atoms with Gasteiger partial charge in [-0.3, -0.25) is 0 Å². The van der Waals surface area contributed by atoms with Crippen molar-refractivity contribution in [2.24, 2.45) is 5.73 Å². The third-order valence-electron chi connectivity index (χ3n) is 3.92. The summed E-state index contributed by atoms with van der Waals surface area (Å²) in [5, 5.41) is 0. The fourth-order valence-electron chi connectivity index (χ4n) is 2.85. The molecule has 0 bridgehead atoms. The van der Waals surface area contributed by atoms with Crippen LogP contribution >= 0.6 is 0 Å². The molecule has 0 radical (unpaired) electrons. The molecule has 0 amide bonds. The van der Waals surface area contributed by atoms with Gasteiger partial charge in [-0.05, 0) is 18.6 Å². The van der Waals surface area contributed by atoms with Crippen LogP contribution in [0, 0.1) is 0 Å². The first-order valence-corrected chi connectivity index (χ1v) is 7.68. The van der Waals surface area contributed by atoms with E-state index in [9.17, 15) is 0 Å². The SMILES string of the molecule is CCCn1c(CC(N)C2COCCO2)nc2ccccc21. The number of rotatable bonds is 5. The zero-order chi connectivity index (χ0) is 14.7. The Morgan fingerprint density at radius 2 is 2.24 bits per heavy atom. The van der Waals surface area contributed by atoms with Gasteiger partial charge in [0.15, 0.2) is 0 Å². The molecule has 2 atom stereocenters. The lowest BCUT2D eigenvalue weighted by atomic mass is 10.1. The van der Waals surface area contributed by atoms with Crippen LogP contribution in [0.4, 0.5) is 0 Å². The van der Waals surface area contributed by atoms with Crippen molar-refractivity contribution in [3.8, 4) is 0 Å². The lowest BCUT2D eigenvalue weighted by Gasteiger charge is -2.27. The van der Waals surface area contributed by atoms with E-state index in [0.717, 1.165) is 24.3 Å². The first-order chi connectivity index (χ1) is 10.3. The predicted molar refractivity (Wildman–Crippen MR) is 82.3 cm³/mol. The van der Waals surface area contributed by atoms with Crippen molar-refractivity contribution in [1.29, 1.82) is 0 Å². The zero-order valence-corrected chi connectivity index (χ0v) is 12.5. The molecule has 2 N–H and O–H groups in total. The Labute approximate surface area is 125 Å². The molecular weight excluding hydrogens is 266 g/mol. The van der Waals surface area contributed by atoms with Gasteiger partial charge in [-0.2, -0.15) is 0 Å². The molecule has 2 heterocycles. The number of aryl methyl sites for hydroxylation is 1. The average molecular weight is 289 g/mol. The lowest BCUT2D eigenvalue weighted by Crippen LogP contribution is -2.45. The molecule has 1 aromatic heterocycles. The van der Waals surface area contributed by atoms with E-state index in [0.29, 0.717) is 26.2 Å². The van der Waals surface area contributed by atoms with Crippen molar-refractivity contribution in [3.05, 3.63) is 30.1 Å². The van der Waals surface area contributed by atoms with Crippen molar-refractivity contribution < 1.29 is 9.47 Å². The van der Waals surface area contributed by atoms with Gasteiger partial charge < -0.3 is 19.8 Å². The second kappa shape index (κ2) is 6.56. The number of nitrogens with two attached hydrogens (primary N) is 1. The van der Waals surface area contributed by atoms with Crippen LogP contribution in [-0.2, 0) is 22.4 Å². The molecule has 3 rings (SSSR count). The van der Waals surface area contributed by atoms with Crippen LogP contribution in [0.3, 0.4) is 0 Å². The van der Waals surface area contributed by atoms with Gasteiger partial charge in [-0.15, -0.1) is 0 Å². The summed E-state index contributed by atoms with van der Waals surface area (Å²) in [4.78, 5) is 4.75. The quantitative estimate of drug-likeness (QED) is 0.910. The largest absolute Gasteiger partial charge is 0.376 e. The Bertz CT molecular complexity index is 590. The molecule has 1 aliphatic rings. The van der Waals surface area contributed by atoms with Gasteiger partial charge in [0, 0.05) is 19.0 Å². The summed E-state index contributed by atoms with van der Waals surface area (Å²) in [6, 6.07) is 8.16. The molecular formula is C16H23N3O2. The standard InChI is InChI=1S/C16H23N3O2/c1-2-7-19-14-6-4-3-5-13(14)18-16(19)10-12(17)15-11-20-8-9-21-15/h3-6,12,15H,2,7-11,17H2,1H3. The normalized spacial score (nSPS) is 20.8. The molecule has 5 nitrogen and oxygen atoms in total. The highest BCUT2D eigenvalue weighted by Crippen LogP contribution is 2.18. The fraction of sp³-hybridized carbons (Fsp3) is 0.562. The summed E-state index contributed by atoms with van der Waals surface area (Å²) in [6.45, 7) is 5.01. The molecule has 2 aromatic rings. The monoisotopic (exact) mass is 289 g/mol. The highest BCUT2D eigenvalue weighted by atomic mass is 16.6. The van der Waals surface area contributed by atoms with Crippen LogP contribution < -0.4 is 5.73 Å². The number of nitrogens with zero attached hydrogens (tertiary/aromatic N) is 2. The number of hydrogen-bond acceptors (Lipinski definition) is 4. The molecule has 1 fully saturated rings.